The van der Waals surface area contributed by atoms with Gasteiger partial charge >= 0.3 is 5.97 Å². The predicted molar refractivity (Wildman–Crippen MR) is 114 cm³/mol. The van der Waals surface area contributed by atoms with E-state index in [4.69, 9.17) is 4.74 Å². The third-order valence-corrected chi connectivity index (χ3v) is 6.80. The molecule has 0 aliphatic carbocycles. The predicted octanol–water partition coefficient (Wildman–Crippen LogP) is 3.93. The fraction of sp³-hybridized carbons (Fsp3) is 0.450. The van der Waals surface area contributed by atoms with Crippen molar-refractivity contribution in [3.63, 3.8) is 0 Å². The van der Waals surface area contributed by atoms with Crippen LogP contribution in [-0.4, -0.2) is 50.3 Å². The number of thiazole rings is 1. The number of piperidine rings is 1. The number of ether oxygens (including phenoxy) is 1. The molecule has 3 heterocycles. The fourth-order valence-electron chi connectivity index (χ4n) is 3.88. The number of nitrogens with zero attached hydrogens (tertiary/aromatic N) is 4. The van der Waals surface area contributed by atoms with Crippen molar-refractivity contribution < 1.29 is 14.6 Å². The Labute approximate surface area is 181 Å². The van der Waals surface area contributed by atoms with Crippen molar-refractivity contribution in [2.45, 2.75) is 32.7 Å². The molecule has 29 heavy (non-hydrogen) atoms. The van der Waals surface area contributed by atoms with E-state index in [1.54, 1.807) is 0 Å². The second-order valence-corrected chi connectivity index (χ2v) is 9.09. The van der Waals surface area contributed by atoms with Crippen molar-refractivity contribution in [3.05, 3.63) is 45.0 Å². The molecule has 1 fully saturated rings. The standard InChI is InChI=1S/C20H23BrN4O3S/c1-3-28-19(27)13-7-9-24(10-8-13)16(14-5-4-6-15(21)11-14)17-18(26)25-20(29-17)22-12(2)23-25/h4-6,11,13,16,26H,3,7-10H2,1-2H3. The summed E-state index contributed by atoms with van der Waals surface area (Å²) in [6, 6.07) is 7.98. The molecule has 0 saturated carbocycles. The van der Waals surface area contributed by atoms with E-state index in [1.807, 2.05) is 26.0 Å². The molecule has 1 saturated heterocycles. The number of halogens is 1. The van der Waals surface area contributed by atoms with Gasteiger partial charge in [-0.05, 0) is 57.5 Å². The van der Waals surface area contributed by atoms with Gasteiger partial charge in [-0.1, -0.05) is 39.4 Å². The number of aryl methyl sites for hydroxylation is 1. The molecule has 1 atom stereocenters. The largest absolute Gasteiger partial charge is 0.492 e. The summed E-state index contributed by atoms with van der Waals surface area (Å²) in [6.45, 7) is 5.54. The van der Waals surface area contributed by atoms with Crippen LogP contribution in [0.4, 0.5) is 0 Å². The summed E-state index contributed by atoms with van der Waals surface area (Å²) in [7, 11) is 0. The highest BCUT2D eigenvalue weighted by Crippen LogP contribution is 2.41. The second-order valence-electron chi connectivity index (χ2n) is 7.16. The number of aromatic hydroxyl groups is 1. The van der Waals surface area contributed by atoms with Gasteiger partial charge in [0.05, 0.1) is 23.4 Å². The summed E-state index contributed by atoms with van der Waals surface area (Å²) in [5.74, 6) is 0.589. The number of rotatable bonds is 5. The monoisotopic (exact) mass is 478 g/mol. The van der Waals surface area contributed by atoms with E-state index >= 15 is 0 Å². The molecule has 154 valence electrons. The van der Waals surface area contributed by atoms with Gasteiger partial charge in [-0.15, -0.1) is 5.10 Å². The van der Waals surface area contributed by atoms with Crippen LogP contribution in [0.3, 0.4) is 0 Å². The summed E-state index contributed by atoms with van der Waals surface area (Å²) < 4.78 is 7.69. The van der Waals surface area contributed by atoms with Crippen molar-refractivity contribution in [2.75, 3.05) is 19.7 Å². The number of fused-ring (bicyclic) bond motifs is 1. The minimum atomic E-state index is -0.135. The zero-order chi connectivity index (χ0) is 20.5. The van der Waals surface area contributed by atoms with E-state index in [1.165, 1.54) is 15.9 Å². The molecule has 0 radical (unpaired) electrons. The SMILES string of the molecule is CCOC(=O)C1CCN(C(c2cccc(Br)c2)c2sc3nc(C)nn3c2O)CC1. The van der Waals surface area contributed by atoms with E-state index < -0.39 is 0 Å². The Morgan fingerprint density at radius 3 is 2.83 bits per heavy atom. The molecule has 0 amide bonds. The van der Waals surface area contributed by atoms with Crippen molar-refractivity contribution in [1.82, 2.24) is 19.5 Å². The molecule has 0 spiro atoms. The molecule has 2 aromatic heterocycles. The maximum absolute atomic E-state index is 12.1. The third kappa shape index (κ3) is 4.04. The molecular formula is C20H23BrN4O3S. The molecule has 1 aliphatic rings. The van der Waals surface area contributed by atoms with Crippen molar-refractivity contribution in [3.8, 4) is 5.88 Å². The first-order chi connectivity index (χ1) is 14.0. The molecule has 7 nitrogen and oxygen atoms in total. The number of likely N-dealkylation sites (tertiary alicyclic amines) is 1. The van der Waals surface area contributed by atoms with Gasteiger partial charge in [-0.25, -0.2) is 4.98 Å². The second kappa shape index (κ2) is 8.41. The summed E-state index contributed by atoms with van der Waals surface area (Å²) in [6.07, 6.45) is 1.48. The van der Waals surface area contributed by atoms with Crippen LogP contribution in [0.5, 0.6) is 5.88 Å². The lowest BCUT2D eigenvalue weighted by Gasteiger charge is -2.36. The van der Waals surface area contributed by atoms with Crippen LogP contribution >= 0.6 is 27.3 Å². The number of hydrogen-bond donors (Lipinski definition) is 1. The Kier molecular flexibility index (Phi) is 5.89. The number of carbonyl (C=O) groups excluding carboxylic acids is 1. The average Bonchev–Trinajstić information content (AvgIpc) is 3.20. The fourth-order valence-corrected chi connectivity index (χ4v) is 5.46. The smallest absolute Gasteiger partial charge is 0.309 e. The van der Waals surface area contributed by atoms with E-state index in [2.05, 4.69) is 43.0 Å². The quantitative estimate of drug-likeness (QED) is 0.559. The summed E-state index contributed by atoms with van der Waals surface area (Å²) in [5, 5.41) is 15.2. The van der Waals surface area contributed by atoms with Gasteiger partial charge in [0.25, 0.3) is 0 Å². The Morgan fingerprint density at radius 2 is 2.17 bits per heavy atom. The highest BCUT2D eigenvalue weighted by atomic mass is 79.9. The molecule has 1 aromatic carbocycles. The molecule has 1 N–H and O–H groups in total. The Hall–Kier alpha value is -1.97. The topological polar surface area (TPSA) is 80.0 Å². The zero-order valence-electron chi connectivity index (χ0n) is 16.3. The number of carbonyl (C=O) groups is 1. The Bertz CT molecular complexity index is 1030. The Balaban J connectivity index is 1.67. The molecule has 4 rings (SSSR count). The van der Waals surface area contributed by atoms with Gasteiger partial charge in [0.15, 0.2) is 0 Å². The molecule has 3 aromatic rings. The van der Waals surface area contributed by atoms with Crippen molar-refractivity contribution in [2.24, 2.45) is 5.92 Å². The first kappa shape index (κ1) is 20.3. The van der Waals surface area contributed by atoms with Crippen LogP contribution < -0.4 is 0 Å². The molecule has 1 aliphatic heterocycles. The summed E-state index contributed by atoms with van der Waals surface area (Å²) in [4.78, 5) is 20.3. The van der Waals surface area contributed by atoms with Gasteiger partial charge < -0.3 is 9.84 Å². The highest BCUT2D eigenvalue weighted by Gasteiger charge is 2.34. The molecule has 9 heteroatoms. The number of esters is 1. The van der Waals surface area contributed by atoms with Crippen molar-refractivity contribution in [1.29, 1.82) is 0 Å². The Morgan fingerprint density at radius 1 is 1.41 bits per heavy atom. The number of hydrogen-bond acceptors (Lipinski definition) is 7. The van der Waals surface area contributed by atoms with Gasteiger partial charge in [-0.3, -0.25) is 9.69 Å². The maximum Gasteiger partial charge on any atom is 0.309 e. The van der Waals surface area contributed by atoms with Gasteiger partial charge in [0, 0.05) is 4.47 Å². The maximum atomic E-state index is 12.1. The number of benzene rings is 1. The van der Waals surface area contributed by atoms with E-state index in [9.17, 15) is 9.90 Å². The summed E-state index contributed by atoms with van der Waals surface area (Å²) in [5.41, 5.74) is 1.07. The minimum absolute atomic E-state index is 0.0621. The minimum Gasteiger partial charge on any atom is -0.492 e. The lowest BCUT2D eigenvalue weighted by molar-refractivity contribution is -0.149. The summed E-state index contributed by atoms with van der Waals surface area (Å²) >= 11 is 5.01. The highest BCUT2D eigenvalue weighted by molar-refractivity contribution is 9.10. The average molecular weight is 479 g/mol. The van der Waals surface area contributed by atoms with E-state index in [0.717, 1.165) is 40.8 Å². The third-order valence-electron chi connectivity index (χ3n) is 5.23. The van der Waals surface area contributed by atoms with E-state index in [-0.39, 0.29) is 23.8 Å². The van der Waals surface area contributed by atoms with Gasteiger partial charge in [0.1, 0.15) is 5.82 Å². The normalized spacial score (nSPS) is 16.9. The van der Waals surface area contributed by atoms with Crippen molar-refractivity contribution >= 4 is 38.2 Å². The first-order valence-corrected chi connectivity index (χ1v) is 11.3. The van der Waals surface area contributed by atoms with E-state index in [0.29, 0.717) is 17.4 Å². The first-order valence-electron chi connectivity index (χ1n) is 9.69. The van der Waals surface area contributed by atoms with Crippen LogP contribution in [-0.2, 0) is 9.53 Å². The van der Waals surface area contributed by atoms with Crippen LogP contribution in [0.15, 0.2) is 28.7 Å². The van der Waals surface area contributed by atoms with Crippen LogP contribution in [0, 0.1) is 12.8 Å². The molecular weight excluding hydrogens is 456 g/mol. The molecule has 1 unspecified atom stereocenters. The van der Waals surface area contributed by atoms with Gasteiger partial charge in [-0.2, -0.15) is 4.52 Å². The van der Waals surface area contributed by atoms with Crippen LogP contribution in [0.2, 0.25) is 0 Å². The zero-order valence-corrected chi connectivity index (χ0v) is 18.7. The van der Waals surface area contributed by atoms with Gasteiger partial charge in [0.2, 0.25) is 10.8 Å². The lowest BCUT2D eigenvalue weighted by Crippen LogP contribution is -2.39. The van der Waals surface area contributed by atoms with Crippen LogP contribution in [0.25, 0.3) is 4.96 Å². The number of aromatic nitrogens is 3. The molecule has 0 bridgehead atoms. The lowest BCUT2D eigenvalue weighted by atomic mass is 9.93. The van der Waals surface area contributed by atoms with Crippen LogP contribution in [0.1, 0.15) is 42.1 Å².